The van der Waals surface area contributed by atoms with Crippen LogP contribution in [-0.4, -0.2) is 62.6 Å². The highest BCUT2D eigenvalue weighted by Gasteiger charge is 2.27. The summed E-state index contributed by atoms with van der Waals surface area (Å²) >= 11 is 7.60. The van der Waals surface area contributed by atoms with Crippen molar-refractivity contribution in [2.75, 3.05) is 26.2 Å². The number of thiazole rings is 1. The van der Waals surface area contributed by atoms with Crippen molar-refractivity contribution in [3.63, 3.8) is 0 Å². The van der Waals surface area contributed by atoms with E-state index in [1.54, 1.807) is 22.9 Å². The molecule has 4 heterocycles. The fourth-order valence-electron chi connectivity index (χ4n) is 3.28. The molecule has 0 unspecified atom stereocenters. The van der Waals surface area contributed by atoms with E-state index in [2.05, 4.69) is 16.2 Å². The zero-order valence-corrected chi connectivity index (χ0v) is 15.9. The van der Waals surface area contributed by atoms with Gasteiger partial charge in [0.2, 0.25) is 5.91 Å². The van der Waals surface area contributed by atoms with Gasteiger partial charge in [0.25, 0.3) is 5.91 Å². The predicted molar refractivity (Wildman–Crippen MR) is 100 cm³/mol. The Balaban J connectivity index is 1.56. The fourth-order valence-corrected chi connectivity index (χ4v) is 4.41. The van der Waals surface area contributed by atoms with E-state index in [1.165, 1.54) is 11.3 Å². The van der Waals surface area contributed by atoms with Gasteiger partial charge in [0.1, 0.15) is 10.0 Å². The number of rotatable bonds is 2. The van der Waals surface area contributed by atoms with E-state index >= 15 is 0 Å². The third-order valence-electron chi connectivity index (χ3n) is 4.73. The fraction of sp³-hybridized carbons (Fsp3) is 0.412. The maximum Gasteiger partial charge on any atom is 0.283 e. The second-order valence-corrected chi connectivity index (χ2v) is 7.91. The Hall–Kier alpha value is -2.19. The first-order chi connectivity index (χ1) is 12.5. The molecule has 2 aliphatic heterocycles. The summed E-state index contributed by atoms with van der Waals surface area (Å²) < 4.78 is 2.33. The number of amides is 2. The average molecular weight is 392 g/mol. The molecule has 1 saturated heterocycles. The lowest BCUT2D eigenvalue weighted by atomic mass is 10.1. The van der Waals surface area contributed by atoms with Gasteiger partial charge in [0, 0.05) is 44.9 Å². The molecule has 0 aromatic carbocycles. The minimum absolute atomic E-state index is 0.0386. The van der Waals surface area contributed by atoms with Crippen LogP contribution in [0.25, 0.3) is 17.5 Å². The van der Waals surface area contributed by atoms with Crippen molar-refractivity contribution in [1.82, 2.24) is 24.6 Å². The number of hydrogen-bond donors (Lipinski definition) is 0. The van der Waals surface area contributed by atoms with Crippen LogP contribution in [0.2, 0.25) is 4.34 Å². The van der Waals surface area contributed by atoms with Crippen LogP contribution in [0, 0.1) is 0 Å². The Bertz CT molecular complexity index is 895. The van der Waals surface area contributed by atoms with Crippen LogP contribution >= 0.6 is 22.9 Å². The quantitative estimate of drug-likeness (QED) is 0.788. The highest BCUT2D eigenvalue weighted by molar-refractivity contribution is 7.18. The normalized spacial score (nSPS) is 16.7. The topological polar surface area (TPSA) is 71.3 Å². The first-order valence-corrected chi connectivity index (χ1v) is 9.68. The molecule has 0 spiro atoms. The van der Waals surface area contributed by atoms with E-state index in [4.69, 9.17) is 11.6 Å². The molecule has 0 bridgehead atoms. The Morgan fingerprint density at radius 1 is 1.19 bits per heavy atom. The Labute approximate surface area is 159 Å². The van der Waals surface area contributed by atoms with Gasteiger partial charge in [-0.15, -0.1) is 0 Å². The molecule has 0 saturated carbocycles. The Morgan fingerprint density at radius 2 is 1.92 bits per heavy atom. The standard InChI is InChI=1S/C17H18ClN5O2S/c1-11(24)21-6-8-22(9-7-21)17(25)16-20-14(15(18)26-16)12-10-19-23-5-3-2-4-13(12)23/h3,5,10H,2,4,6-9H2,1H3. The van der Waals surface area contributed by atoms with Crippen molar-refractivity contribution in [3.8, 4) is 11.3 Å². The molecule has 26 heavy (non-hydrogen) atoms. The van der Waals surface area contributed by atoms with Gasteiger partial charge < -0.3 is 9.80 Å². The molecule has 0 aliphatic carbocycles. The lowest BCUT2D eigenvalue weighted by Crippen LogP contribution is -2.50. The minimum atomic E-state index is -0.132. The third-order valence-corrected chi connectivity index (χ3v) is 5.97. The molecule has 2 aliphatic rings. The highest BCUT2D eigenvalue weighted by atomic mass is 35.5. The van der Waals surface area contributed by atoms with Gasteiger partial charge in [0.15, 0.2) is 5.01 Å². The van der Waals surface area contributed by atoms with Crippen LogP contribution in [0.4, 0.5) is 0 Å². The largest absolute Gasteiger partial charge is 0.339 e. The molecule has 136 valence electrons. The summed E-state index contributed by atoms with van der Waals surface area (Å²) in [7, 11) is 0. The van der Waals surface area contributed by atoms with Gasteiger partial charge >= 0.3 is 0 Å². The molecular formula is C17H18ClN5O2S. The molecular weight excluding hydrogens is 374 g/mol. The van der Waals surface area contributed by atoms with Crippen molar-refractivity contribution in [3.05, 3.63) is 27.3 Å². The van der Waals surface area contributed by atoms with Crippen molar-refractivity contribution in [1.29, 1.82) is 0 Å². The summed E-state index contributed by atoms with van der Waals surface area (Å²) in [5.41, 5.74) is 2.57. The van der Waals surface area contributed by atoms with Crippen LogP contribution in [-0.2, 0) is 11.2 Å². The molecule has 2 amide bonds. The monoisotopic (exact) mass is 391 g/mol. The summed E-state index contributed by atoms with van der Waals surface area (Å²) in [5, 5.41) is 4.73. The predicted octanol–water partition coefficient (Wildman–Crippen LogP) is 2.38. The maximum atomic E-state index is 12.8. The minimum Gasteiger partial charge on any atom is -0.339 e. The molecule has 1 fully saturated rings. The number of hydrogen-bond acceptors (Lipinski definition) is 5. The summed E-state index contributed by atoms with van der Waals surface area (Å²) in [6, 6.07) is 0. The van der Waals surface area contributed by atoms with Gasteiger partial charge in [-0.2, -0.15) is 5.10 Å². The van der Waals surface area contributed by atoms with Crippen LogP contribution in [0.1, 0.15) is 28.8 Å². The molecule has 2 aromatic rings. The van der Waals surface area contributed by atoms with Crippen LogP contribution in [0.15, 0.2) is 12.3 Å². The van der Waals surface area contributed by atoms with Crippen molar-refractivity contribution in [2.24, 2.45) is 0 Å². The van der Waals surface area contributed by atoms with E-state index in [0.717, 1.165) is 24.1 Å². The summed E-state index contributed by atoms with van der Waals surface area (Å²) in [6.07, 6.45) is 7.58. The first kappa shape index (κ1) is 17.2. The number of aromatic nitrogens is 3. The van der Waals surface area contributed by atoms with E-state index < -0.39 is 0 Å². The van der Waals surface area contributed by atoms with Gasteiger partial charge in [-0.3, -0.25) is 9.59 Å². The molecule has 0 N–H and O–H groups in total. The number of fused-ring (bicyclic) bond motifs is 1. The highest BCUT2D eigenvalue weighted by Crippen LogP contribution is 2.36. The number of carbonyl (C=O) groups is 2. The number of piperazine rings is 1. The smallest absolute Gasteiger partial charge is 0.283 e. The van der Waals surface area contributed by atoms with Crippen molar-refractivity contribution >= 4 is 41.0 Å². The number of nitrogens with zero attached hydrogens (tertiary/aromatic N) is 5. The lowest BCUT2D eigenvalue weighted by molar-refractivity contribution is -0.130. The van der Waals surface area contributed by atoms with Gasteiger partial charge in [-0.25, -0.2) is 9.67 Å². The van der Waals surface area contributed by atoms with Crippen LogP contribution < -0.4 is 0 Å². The zero-order valence-electron chi connectivity index (χ0n) is 14.3. The van der Waals surface area contributed by atoms with E-state index in [1.807, 2.05) is 10.9 Å². The number of halogens is 1. The van der Waals surface area contributed by atoms with E-state index in [0.29, 0.717) is 41.2 Å². The maximum absolute atomic E-state index is 12.8. The first-order valence-electron chi connectivity index (χ1n) is 8.49. The van der Waals surface area contributed by atoms with Crippen molar-refractivity contribution in [2.45, 2.75) is 19.8 Å². The van der Waals surface area contributed by atoms with Gasteiger partial charge in [0.05, 0.1) is 11.9 Å². The number of allylic oxidation sites excluding steroid dienone is 1. The lowest BCUT2D eigenvalue weighted by Gasteiger charge is -2.33. The Kier molecular flexibility index (Phi) is 4.54. The molecule has 0 atom stereocenters. The van der Waals surface area contributed by atoms with Crippen molar-refractivity contribution < 1.29 is 9.59 Å². The van der Waals surface area contributed by atoms with Gasteiger partial charge in [-0.05, 0) is 12.8 Å². The van der Waals surface area contributed by atoms with E-state index in [-0.39, 0.29) is 11.8 Å². The summed E-state index contributed by atoms with van der Waals surface area (Å²) in [6.45, 7) is 3.68. The average Bonchev–Trinajstić information content (AvgIpc) is 3.24. The summed E-state index contributed by atoms with van der Waals surface area (Å²) in [4.78, 5) is 32.2. The number of carbonyl (C=O) groups excluding carboxylic acids is 2. The summed E-state index contributed by atoms with van der Waals surface area (Å²) in [5.74, 6) is -0.0935. The van der Waals surface area contributed by atoms with Crippen LogP contribution in [0.5, 0.6) is 0 Å². The second kappa shape index (κ2) is 6.85. The van der Waals surface area contributed by atoms with E-state index in [9.17, 15) is 9.59 Å². The third kappa shape index (κ3) is 3.03. The Morgan fingerprint density at radius 3 is 2.65 bits per heavy atom. The molecule has 4 rings (SSSR count). The SMILES string of the molecule is CC(=O)N1CCN(C(=O)c2nc(-c3cnn4c3CCC=C4)c(Cl)s2)CC1. The molecule has 7 nitrogen and oxygen atoms in total. The molecule has 2 aromatic heterocycles. The second-order valence-electron chi connectivity index (χ2n) is 6.31. The van der Waals surface area contributed by atoms with Gasteiger partial charge in [-0.1, -0.05) is 29.0 Å². The molecule has 0 radical (unpaired) electrons. The van der Waals surface area contributed by atoms with Crippen LogP contribution in [0.3, 0.4) is 0 Å². The molecule has 9 heteroatoms. The zero-order chi connectivity index (χ0) is 18.3.